The number of hydrogen-bond acceptors (Lipinski definition) is 7. The van der Waals surface area contributed by atoms with E-state index < -0.39 is 30.4 Å². The number of rotatable bonds is 7. The third-order valence-corrected chi connectivity index (χ3v) is 3.22. The van der Waals surface area contributed by atoms with Gasteiger partial charge in [-0.2, -0.15) is 0 Å². The quantitative estimate of drug-likeness (QED) is 0.620. The molecule has 0 atom stereocenters. The van der Waals surface area contributed by atoms with Gasteiger partial charge in [0.2, 0.25) is 5.88 Å². The molecule has 0 aliphatic carbocycles. The molecule has 0 unspecified atom stereocenters. The van der Waals surface area contributed by atoms with Gasteiger partial charge in [0.1, 0.15) is 22.6 Å². The minimum atomic E-state index is -0.983. The van der Waals surface area contributed by atoms with Crippen molar-refractivity contribution in [3.05, 3.63) is 40.9 Å². The van der Waals surface area contributed by atoms with Gasteiger partial charge in [-0.1, -0.05) is 0 Å². The van der Waals surface area contributed by atoms with Crippen LogP contribution in [0.5, 0.6) is 0 Å². The van der Waals surface area contributed by atoms with Crippen LogP contribution in [-0.2, 0) is 14.3 Å². The van der Waals surface area contributed by atoms with Crippen LogP contribution in [0.2, 0.25) is 0 Å². The Hall–Kier alpha value is -3.56. The Balaban J connectivity index is 2.12. The smallest absolute Gasteiger partial charge is 0.355 e. The van der Waals surface area contributed by atoms with Crippen LogP contribution in [0.4, 0.5) is 5.88 Å². The first-order chi connectivity index (χ1) is 12.3. The molecule has 10 nitrogen and oxygen atoms in total. The number of hydrogen-bond donors (Lipinski definition) is 3. The van der Waals surface area contributed by atoms with Gasteiger partial charge in [0, 0.05) is 6.20 Å². The molecule has 2 rings (SSSR count). The van der Waals surface area contributed by atoms with Gasteiger partial charge >= 0.3 is 11.9 Å². The molecule has 2 heterocycles. The summed E-state index contributed by atoms with van der Waals surface area (Å²) in [5, 5.41) is 2.25. The molecule has 26 heavy (non-hydrogen) atoms. The zero-order valence-electron chi connectivity index (χ0n) is 14.1. The Bertz CT molecular complexity index is 836. The van der Waals surface area contributed by atoms with E-state index in [1.54, 1.807) is 13.0 Å². The Morgan fingerprint density at radius 3 is 2.50 bits per heavy atom. The molecule has 2 amide bonds. The molecule has 0 fully saturated rings. The molecule has 0 bridgehead atoms. The van der Waals surface area contributed by atoms with Crippen molar-refractivity contribution in [2.45, 2.75) is 13.8 Å². The van der Waals surface area contributed by atoms with Crippen molar-refractivity contribution >= 4 is 29.6 Å². The number of aromatic nitrogens is 1. The van der Waals surface area contributed by atoms with Gasteiger partial charge in [-0.3, -0.25) is 14.9 Å². The average molecular weight is 363 g/mol. The Kier molecular flexibility index (Phi) is 5.78. The number of nitrogens with two attached hydrogens (primary N) is 1. The summed E-state index contributed by atoms with van der Waals surface area (Å²) < 4.78 is 14.9. The fourth-order valence-electron chi connectivity index (χ4n) is 2.15. The molecule has 2 aromatic rings. The minimum Gasteiger partial charge on any atom is -0.462 e. The van der Waals surface area contributed by atoms with Crippen molar-refractivity contribution in [3.8, 4) is 0 Å². The van der Waals surface area contributed by atoms with E-state index in [9.17, 15) is 19.2 Å². The van der Waals surface area contributed by atoms with E-state index in [1.807, 2.05) is 0 Å². The molecule has 4 N–H and O–H groups in total. The van der Waals surface area contributed by atoms with Crippen LogP contribution < -0.4 is 11.1 Å². The van der Waals surface area contributed by atoms with Gasteiger partial charge in [-0.05, 0) is 26.0 Å². The molecule has 0 saturated carbocycles. The normalized spacial score (nSPS) is 10.2. The van der Waals surface area contributed by atoms with Crippen molar-refractivity contribution in [2.75, 3.05) is 18.5 Å². The van der Waals surface area contributed by atoms with E-state index in [1.165, 1.54) is 19.2 Å². The molecule has 0 spiro atoms. The number of aryl methyl sites for hydroxylation is 1. The van der Waals surface area contributed by atoms with Crippen LogP contribution in [0.1, 0.15) is 43.9 Å². The van der Waals surface area contributed by atoms with E-state index >= 15 is 0 Å². The second-order valence-corrected chi connectivity index (χ2v) is 5.03. The fraction of sp³-hybridized carbons (Fsp3) is 0.250. The van der Waals surface area contributed by atoms with E-state index in [0.29, 0.717) is 0 Å². The summed E-state index contributed by atoms with van der Waals surface area (Å²) in [6, 6.07) is 3.07. The second kappa shape index (κ2) is 8.01. The molecule has 138 valence electrons. The number of carbonyl (C=O) groups excluding carboxylic acids is 4. The molecular weight excluding hydrogens is 346 g/mol. The number of nitrogens with one attached hydrogen (secondary N) is 2. The molecule has 0 radical (unpaired) electrons. The summed E-state index contributed by atoms with van der Waals surface area (Å²) in [4.78, 5) is 49.9. The highest BCUT2D eigenvalue weighted by Crippen LogP contribution is 2.27. The Labute approximate surface area is 147 Å². The standard InChI is InChI=1S/C16H17N3O7/c1-3-24-16(23)11-8(2)26-14(12(11)13(17)21)19-10(20)7-25-15(22)9-5-4-6-18-9/h4-6,18H,3,7H2,1-2H3,(H2,17,21)(H,19,20). The maximum atomic E-state index is 12.0. The maximum absolute atomic E-state index is 12.0. The summed E-state index contributed by atoms with van der Waals surface area (Å²) in [6.45, 7) is 2.46. The van der Waals surface area contributed by atoms with Gasteiger partial charge in [0.15, 0.2) is 6.61 Å². The predicted octanol–water partition coefficient (Wildman–Crippen LogP) is 0.987. The third kappa shape index (κ3) is 4.09. The molecule has 0 aliphatic rings. The van der Waals surface area contributed by atoms with Crippen molar-refractivity contribution in [3.63, 3.8) is 0 Å². The van der Waals surface area contributed by atoms with E-state index in [2.05, 4.69) is 10.3 Å². The van der Waals surface area contributed by atoms with E-state index in [-0.39, 0.29) is 35.1 Å². The van der Waals surface area contributed by atoms with E-state index in [4.69, 9.17) is 19.6 Å². The minimum absolute atomic E-state index is 0.0518. The maximum Gasteiger partial charge on any atom is 0.355 e. The Morgan fingerprint density at radius 1 is 1.19 bits per heavy atom. The number of aromatic amines is 1. The monoisotopic (exact) mass is 363 g/mol. The highest BCUT2D eigenvalue weighted by molar-refractivity contribution is 6.10. The largest absolute Gasteiger partial charge is 0.462 e. The lowest BCUT2D eigenvalue weighted by atomic mass is 10.1. The van der Waals surface area contributed by atoms with Crippen molar-refractivity contribution in [1.82, 2.24) is 4.98 Å². The first-order valence-electron chi connectivity index (χ1n) is 7.55. The lowest BCUT2D eigenvalue weighted by molar-refractivity contribution is -0.119. The van der Waals surface area contributed by atoms with Crippen LogP contribution in [0.3, 0.4) is 0 Å². The summed E-state index contributed by atoms with van der Waals surface area (Å²) >= 11 is 0. The zero-order valence-corrected chi connectivity index (χ0v) is 14.1. The third-order valence-electron chi connectivity index (χ3n) is 3.22. The number of primary amides is 1. The summed E-state index contributed by atoms with van der Waals surface area (Å²) in [5.74, 6) is -3.57. The summed E-state index contributed by atoms with van der Waals surface area (Å²) in [6.07, 6.45) is 1.53. The molecule has 0 saturated heterocycles. The molecular formula is C16H17N3O7. The highest BCUT2D eigenvalue weighted by Gasteiger charge is 2.29. The fourth-order valence-corrected chi connectivity index (χ4v) is 2.15. The van der Waals surface area contributed by atoms with Crippen LogP contribution >= 0.6 is 0 Å². The van der Waals surface area contributed by atoms with Gasteiger partial charge in [-0.15, -0.1) is 0 Å². The first kappa shape index (κ1) is 18.8. The van der Waals surface area contributed by atoms with Crippen LogP contribution in [0.25, 0.3) is 0 Å². The average Bonchev–Trinajstić information content (AvgIpc) is 3.20. The number of amides is 2. The van der Waals surface area contributed by atoms with Crippen molar-refractivity contribution in [2.24, 2.45) is 5.73 Å². The first-order valence-corrected chi connectivity index (χ1v) is 7.55. The van der Waals surface area contributed by atoms with Crippen molar-refractivity contribution in [1.29, 1.82) is 0 Å². The van der Waals surface area contributed by atoms with Gasteiger partial charge in [0.05, 0.1) is 6.61 Å². The summed E-state index contributed by atoms with van der Waals surface area (Å²) in [5.41, 5.74) is 4.97. The van der Waals surface area contributed by atoms with E-state index in [0.717, 1.165) is 0 Å². The van der Waals surface area contributed by atoms with Crippen LogP contribution in [0, 0.1) is 6.92 Å². The number of esters is 2. The second-order valence-electron chi connectivity index (χ2n) is 5.03. The number of furan rings is 1. The zero-order chi connectivity index (χ0) is 19.3. The molecule has 10 heteroatoms. The molecule has 0 aliphatic heterocycles. The predicted molar refractivity (Wildman–Crippen MR) is 87.6 cm³/mol. The highest BCUT2D eigenvalue weighted by atomic mass is 16.5. The summed E-state index contributed by atoms with van der Waals surface area (Å²) in [7, 11) is 0. The van der Waals surface area contributed by atoms with Gasteiger partial charge < -0.3 is 24.6 Å². The Morgan fingerprint density at radius 2 is 1.92 bits per heavy atom. The van der Waals surface area contributed by atoms with Crippen LogP contribution in [0.15, 0.2) is 22.7 Å². The lowest BCUT2D eigenvalue weighted by Gasteiger charge is -2.05. The van der Waals surface area contributed by atoms with Gasteiger partial charge in [0.25, 0.3) is 11.8 Å². The molecule has 2 aromatic heterocycles. The molecule has 0 aromatic carbocycles. The SMILES string of the molecule is CCOC(=O)c1c(C)oc(NC(=O)COC(=O)c2ccc[nH]2)c1C(N)=O. The van der Waals surface area contributed by atoms with Gasteiger partial charge in [-0.25, -0.2) is 9.59 Å². The number of H-pyrrole nitrogens is 1. The number of ether oxygens (including phenoxy) is 2. The number of anilines is 1. The number of carbonyl (C=O) groups is 4. The van der Waals surface area contributed by atoms with Crippen LogP contribution in [-0.4, -0.2) is 42.0 Å². The van der Waals surface area contributed by atoms with Crippen molar-refractivity contribution < 1.29 is 33.1 Å². The lowest BCUT2D eigenvalue weighted by Crippen LogP contribution is -2.23. The topological polar surface area (TPSA) is 154 Å².